The minimum absolute atomic E-state index is 0.0714. The van der Waals surface area contributed by atoms with E-state index >= 15 is 0 Å². The maximum atomic E-state index is 13.5. The molecule has 0 aliphatic rings. The van der Waals surface area contributed by atoms with Gasteiger partial charge in [0.15, 0.2) is 0 Å². The van der Waals surface area contributed by atoms with Gasteiger partial charge >= 0.3 is 0 Å². The Morgan fingerprint density at radius 3 is 3.00 bits per heavy atom. The second-order valence-corrected chi connectivity index (χ2v) is 4.16. The highest BCUT2D eigenvalue weighted by Crippen LogP contribution is 2.18. The summed E-state index contributed by atoms with van der Waals surface area (Å²) in [7, 11) is 0. The molecule has 2 heterocycles. The summed E-state index contributed by atoms with van der Waals surface area (Å²) in [6, 6.07) is 7.90. The molecule has 0 aliphatic heterocycles. The first kappa shape index (κ1) is 11.9. The number of hydrogen-bond acceptors (Lipinski definition) is 4. The smallest absolute Gasteiger partial charge is 0.256 e. The maximum absolute atomic E-state index is 13.5. The summed E-state index contributed by atoms with van der Waals surface area (Å²) < 4.78 is 20.4. The van der Waals surface area contributed by atoms with Gasteiger partial charge < -0.3 is 4.74 Å². The fourth-order valence-corrected chi connectivity index (χ4v) is 1.80. The summed E-state index contributed by atoms with van der Waals surface area (Å²) in [4.78, 5) is 7.88. The highest BCUT2D eigenvalue weighted by Gasteiger charge is 2.09. The van der Waals surface area contributed by atoms with Crippen molar-refractivity contribution in [3.05, 3.63) is 53.2 Å². The van der Waals surface area contributed by atoms with Crippen LogP contribution in [0.4, 0.5) is 4.39 Å². The van der Waals surface area contributed by atoms with E-state index in [1.807, 2.05) is 0 Å². The van der Waals surface area contributed by atoms with Gasteiger partial charge in [-0.3, -0.25) is 0 Å². The fraction of sp³-hybridized carbons (Fsp3) is 0.0833. The maximum Gasteiger partial charge on any atom is 0.256 e. The van der Waals surface area contributed by atoms with Crippen LogP contribution in [0.3, 0.4) is 0 Å². The van der Waals surface area contributed by atoms with Gasteiger partial charge in [0.2, 0.25) is 5.88 Å². The molecule has 0 bridgehead atoms. The lowest BCUT2D eigenvalue weighted by Gasteiger charge is -2.08. The van der Waals surface area contributed by atoms with Crippen molar-refractivity contribution in [3.8, 4) is 5.88 Å². The second-order valence-electron chi connectivity index (χ2n) is 3.77. The molecular weight excluding hydrogens is 271 g/mol. The van der Waals surface area contributed by atoms with Gasteiger partial charge in [-0.1, -0.05) is 29.8 Å². The van der Waals surface area contributed by atoms with Crippen LogP contribution in [0.2, 0.25) is 5.15 Å². The van der Waals surface area contributed by atoms with Gasteiger partial charge in [0.1, 0.15) is 23.9 Å². The number of halogens is 2. The van der Waals surface area contributed by atoms with E-state index in [0.717, 1.165) is 0 Å². The van der Waals surface area contributed by atoms with Crippen molar-refractivity contribution in [1.82, 2.24) is 19.6 Å². The molecule has 5 nitrogen and oxygen atoms in total. The molecule has 0 fully saturated rings. The topological polar surface area (TPSA) is 52.3 Å². The van der Waals surface area contributed by atoms with Gasteiger partial charge in [-0.2, -0.15) is 19.6 Å². The van der Waals surface area contributed by atoms with Gasteiger partial charge in [0.25, 0.3) is 5.78 Å². The third-order valence-electron chi connectivity index (χ3n) is 2.52. The lowest BCUT2D eigenvalue weighted by atomic mass is 10.2. The molecule has 0 aliphatic carbocycles. The third kappa shape index (κ3) is 2.34. The third-order valence-corrected chi connectivity index (χ3v) is 2.71. The largest absolute Gasteiger partial charge is 0.472 e. The number of aromatic nitrogens is 4. The number of fused-ring (bicyclic) bond motifs is 1. The summed E-state index contributed by atoms with van der Waals surface area (Å²) in [5, 5.41) is 4.20. The lowest BCUT2D eigenvalue weighted by Crippen LogP contribution is -2.04. The van der Waals surface area contributed by atoms with Crippen molar-refractivity contribution < 1.29 is 9.13 Å². The highest BCUT2D eigenvalue weighted by molar-refractivity contribution is 6.29. The van der Waals surface area contributed by atoms with E-state index in [1.165, 1.54) is 23.0 Å². The summed E-state index contributed by atoms with van der Waals surface area (Å²) in [5.74, 6) is 0.365. The van der Waals surface area contributed by atoms with Crippen molar-refractivity contribution >= 4 is 17.4 Å². The molecule has 2 aromatic heterocycles. The molecule has 3 aromatic rings. The molecule has 0 atom stereocenters. The molecule has 96 valence electrons. The quantitative estimate of drug-likeness (QED) is 0.691. The van der Waals surface area contributed by atoms with E-state index in [1.54, 1.807) is 18.2 Å². The second kappa shape index (κ2) is 4.81. The normalized spacial score (nSPS) is 10.8. The van der Waals surface area contributed by atoms with E-state index in [4.69, 9.17) is 16.3 Å². The van der Waals surface area contributed by atoms with Crippen molar-refractivity contribution in [2.24, 2.45) is 0 Å². The van der Waals surface area contributed by atoms with Crippen LogP contribution in [-0.4, -0.2) is 19.6 Å². The standard InChI is InChI=1S/C12H8ClFN4O/c13-10-5-11(18-12(17-10)15-7-16-18)19-6-8-3-1-2-4-9(8)14/h1-5,7H,6H2. The Morgan fingerprint density at radius 2 is 2.16 bits per heavy atom. The first-order valence-electron chi connectivity index (χ1n) is 5.46. The zero-order chi connectivity index (χ0) is 13.2. The summed E-state index contributed by atoms with van der Waals surface area (Å²) in [5.41, 5.74) is 0.448. The summed E-state index contributed by atoms with van der Waals surface area (Å²) >= 11 is 5.85. The molecule has 3 rings (SSSR count). The van der Waals surface area contributed by atoms with Crippen molar-refractivity contribution in [2.75, 3.05) is 0 Å². The predicted molar refractivity (Wildman–Crippen MR) is 66.5 cm³/mol. The molecular formula is C12H8ClFN4O. The van der Waals surface area contributed by atoms with E-state index in [2.05, 4.69) is 15.1 Å². The average molecular weight is 279 g/mol. The van der Waals surface area contributed by atoms with Crippen LogP contribution < -0.4 is 4.74 Å². The summed E-state index contributed by atoms with van der Waals surface area (Å²) in [6.45, 7) is 0.0714. The zero-order valence-corrected chi connectivity index (χ0v) is 10.4. The van der Waals surface area contributed by atoms with Crippen LogP contribution in [0.1, 0.15) is 5.56 Å². The fourth-order valence-electron chi connectivity index (χ4n) is 1.63. The molecule has 0 unspecified atom stereocenters. The zero-order valence-electron chi connectivity index (χ0n) is 9.62. The van der Waals surface area contributed by atoms with E-state index < -0.39 is 0 Å². The van der Waals surface area contributed by atoms with Crippen LogP contribution in [0.5, 0.6) is 5.88 Å². The van der Waals surface area contributed by atoms with Gasteiger partial charge in [0, 0.05) is 11.6 Å². The Hall–Kier alpha value is -2.21. The number of benzene rings is 1. The number of rotatable bonds is 3. The van der Waals surface area contributed by atoms with Crippen LogP contribution >= 0.6 is 11.6 Å². The van der Waals surface area contributed by atoms with Crippen molar-refractivity contribution in [2.45, 2.75) is 6.61 Å². The van der Waals surface area contributed by atoms with Gasteiger partial charge in [-0.15, -0.1) is 0 Å². The molecule has 0 spiro atoms. The minimum Gasteiger partial charge on any atom is -0.472 e. The number of ether oxygens (including phenoxy) is 1. The van der Waals surface area contributed by atoms with Crippen LogP contribution in [0.25, 0.3) is 5.78 Å². The first-order valence-corrected chi connectivity index (χ1v) is 5.84. The SMILES string of the molecule is Fc1ccccc1COc1cc(Cl)nc2ncnn12. The lowest BCUT2D eigenvalue weighted by molar-refractivity contribution is 0.280. The Balaban J connectivity index is 1.90. The Bertz CT molecular complexity index is 731. The molecule has 7 heteroatoms. The molecule has 0 saturated heterocycles. The molecule has 1 aromatic carbocycles. The molecule has 0 amide bonds. The highest BCUT2D eigenvalue weighted by atomic mass is 35.5. The molecule has 0 radical (unpaired) electrons. The van der Waals surface area contributed by atoms with Crippen molar-refractivity contribution in [1.29, 1.82) is 0 Å². The van der Waals surface area contributed by atoms with Gasteiger partial charge in [-0.25, -0.2) is 4.39 Å². The summed E-state index contributed by atoms with van der Waals surface area (Å²) in [6.07, 6.45) is 1.34. The van der Waals surface area contributed by atoms with Crippen molar-refractivity contribution in [3.63, 3.8) is 0 Å². The molecule has 19 heavy (non-hydrogen) atoms. The average Bonchev–Trinajstić information content (AvgIpc) is 2.85. The van der Waals surface area contributed by atoms with Crippen LogP contribution in [-0.2, 0) is 6.61 Å². The Labute approximate surface area is 112 Å². The minimum atomic E-state index is -0.322. The monoisotopic (exact) mass is 278 g/mol. The van der Waals surface area contributed by atoms with Gasteiger partial charge in [0.05, 0.1) is 0 Å². The predicted octanol–water partition coefficient (Wildman–Crippen LogP) is 2.50. The number of hydrogen-bond donors (Lipinski definition) is 0. The van der Waals surface area contributed by atoms with Crippen LogP contribution in [0.15, 0.2) is 36.7 Å². The molecule has 0 N–H and O–H groups in total. The van der Waals surface area contributed by atoms with Gasteiger partial charge in [-0.05, 0) is 6.07 Å². The van der Waals surface area contributed by atoms with E-state index in [9.17, 15) is 4.39 Å². The Morgan fingerprint density at radius 1 is 1.32 bits per heavy atom. The van der Waals surface area contributed by atoms with E-state index in [0.29, 0.717) is 17.2 Å². The molecule has 0 saturated carbocycles. The van der Waals surface area contributed by atoms with E-state index in [-0.39, 0.29) is 17.6 Å². The first-order chi connectivity index (χ1) is 9.24. The van der Waals surface area contributed by atoms with Crippen LogP contribution in [0, 0.1) is 5.82 Å². The number of nitrogens with zero attached hydrogens (tertiary/aromatic N) is 4. The Kier molecular flexibility index (Phi) is 3.00.